The number of nitrogens with one attached hydrogen (secondary N) is 1. The van der Waals surface area contributed by atoms with Crippen LogP contribution in [-0.2, 0) is 19.1 Å². The zero-order chi connectivity index (χ0) is 23.0. The largest absolute Gasteiger partial charge is 0.437 e. The molecule has 2 fully saturated rings. The first kappa shape index (κ1) is 21.7. The summed E-state index contributed by atoms with van der Waals surface area (Å²) in [5.74, 6) is -0.436. The van der Waals surface area contributed by atoms with Crippen LogP contribution < -0.4 is 15.1 Å². The van der Waals surface area contributed by atoms with Crippen molar-refractivity contribution in [3.05, 3.63) is 53.6 Å². The van der Waals surface area contributed by atoms with Crippen LogP contribution in [0.25, 0.3) is 0 Å². The SMILES string of the molecule is O=C1CN(C(=O)CN2CCOC[C@@]3(C2)CN(c2ccc(Cl)cc2)C(=O)O3)c2ccccc2N1. The lowest BCUT2D eigenvalue weighted by atomic mass is 10.0. The molecule has 1 spiro atoms. The maximum atomic E-state index is 13.2. The fourth-order valence-corrected chi connectivity index (χ4v) is 4.58. The fourth-order valence-electron chi connectivity index (χ4n) is 4.45. The molecule has 1 N–H and O–H groups in total. The predicted molar refractivity (Wildman–Crippen MR) is 123 cm³/mol. The number of fused-ring (bicyclic) bond motifs is 1. The van der Waals surface area contributed by atoms with Crippen LogP contribution in [-0.4, -0.2) is 74.3 Å². The minimum Gasteiger partial charge on any atom is -0.437 e. The van der Waals surface area contributed by atoms with E-state index in [0.29, 0.717) is 48.3 Å². The van der Waals surface area contributed by atoms with Gasteiger partial charge in [-0.1, -0.05) is 23.7 Å². The van der Waals surface area contributed by atoms with Gasteiger partial charge in [0.05, 0.1) is 37.7 Å². The summed E-state index contributed by atoms with van der Waals surface area (Å²) in [7, 11) is 0. The molecule has 10 heteroatoms. The Hall–Kier alpha value is -3.14. The van der Waals surface area contributed by atoms with Crippen molar-refractivity contribution in [2.45, 2.75) is 5.60 Å². The van der Waals surface area contributed by atoms with Gasteiger partial charge in [-0.3, -0.25) is 24.3 Å². The lowest BCUT2D eigenvalue weighted by Gasteiger charge is -2.33. The molecule has 0 bridgehead atoms. The van der Waals surface area contributed by atoms with Crippen LogP contribution in [0.2, 0.25) is 5.02 Å². The Morgan fingerprint density at radius 2 is 1.88 bits per heavy atom. The van der Waals surface area contributed by atoms with E-state index in [0.717, 1.165) is 0 Å². The van der Waals surface area contributed by atoms with E-state index in [-0.39, 0.29) is 31.5 Å². The Kier molecular flexibility index (Phi) is 5.69. The topological polar surface area (TPSA) is 91.4 Å². The standard InChI is InChI=1S/C23H23ClN4O5/c24-16-5-7-17(8-6-16)28-14-23(33-22(28)31)13-26(9-10-32-15-23)12-21(30)27-11-20(29)25-18-3-1-2-4-19(18)27/h1-8H,9-15H2,(H,25,29)/t23-/m1/s1. The Morgan fingerprint density at radius 1 is 1.09 bits per heavy atom. The summed E-state index contributed by atoms with van der Waals surface area (Å²) in [5.41, 5.74) is 1.07. The molecular weight excluding hydrogens is 448 g/mol. The molecule has 3 heterocycles. The van der Waals surface area contributed by atoms with Crippen LogP contribution in [0, 0.1) is 0 Å². The number of benzene rings is 2. The molecule has 0 aliphatic carbocycles. The van der Waals surface area contributed by atoms with E-state index in [1.54, 1.807) is 35.2 Å². The molecule has 2 saturated heterocycles. The van der Waals surface area contributed by atoms with Gasteiger partial charge in [0, 0.05) is 23.8 Å². The molecule has 0 radical (unpaired) electrons. The molecule has 172 valence electrons. The molecule has 2 aromatic rings. The van der Waals surface area contributed by atoms with Crippen molar-refractivity contribution in [1.82, 2.24) is 4.90 Å². The number of nitrogens with zero attached hydrogens (tertiary/aromatic N) is 3. The molecule has 0 aromatic heterocycles. The summed E-state index contributed by atoms with van der Waals surface area (Å²) < 4.78 is 11.6. The van der Waals surface area contributed by atoms with Gasteiger partial charge in [-0.05, 0) is 36.4 Å². The summed E-state index contributed by atoms with van der Waals surface area (Å²) >= 11 is 5.97. The normalized spacial score (nSPS) is 23.2. The zero-order valence-corrected chi connectivity index (χ0v) is 18.6. The van der Waals surface area contributed by atoms with Gasteiger partial charge in [0.2, 0.25) is 11.8 Å². The van der Waals surface area contributed by atoms with Crippen LogP contribution in [0.15, 0.2) is 48.5 Å². The van der Waals surface area contributed by atoms with Gasteiger partial charge in [-0.2, -0.15) is 0 Å². The zero-order valence-electron chi connectivity index (χ0n) is 17.8. The molecule has 5 rings (SSSR count). The molecule has 0 unspecified atom stereocenters. The highest BCUT2D eigenvalue weighted by Gasteiger charge is 2.48. The van der Waals surface area contributed by atoms with E-state index < -0.39 is 11.7 Å². The van der Waals surface area contributed by atoms with Crippen LogP contribution in [0.5, 0.6) is 0 Å². The number of amides is 3. The smallest absolute Gasteiger partial charge is 0.415 e. The number of carbonyl (C=O) groups is 3. The summed E-state index contributed by atoms with van der Waals surface area (Å²) in [6, 6.07) is 14.2. The first-order chi connectivity index (χ1) is 15.9. The summed E-state index contributed by atoms with van der Waals surface area (Å²) in [6.45, 7) is 1.83. The number of ether oxygens (including phenoxy) is 2. The summed E-state index contributed by atoms with van der Waals surface area (Å²) in [6.07, 6.45) is -0.462. The molecule has 3 amide bonds. The molecule has 1 atom stereocenters. The first-order valence-corrected chi connectivity index (χ1v) is 11.1. The third-order valence-electron chi connectivity index (χ3n) is 5.97. The third-order valence-corrected chi connectivity index (χ3v) is 6.22. The van der Waals surface area contributed by atoms with Crippen LogP contribution in [0.3, 0.4) is 0 Å². The molecule has 2 aromatic carbocycles. The molecule has 9 nitrogen and oxygen atoms in total. The number of carbonyl (C=O) groups excluding carboxylic acids is 3. The Bertz CT molecular complexity index is 1090. The monoisotopic (exact) mass is 470 g/mol. The third kappa shape index (κ3) is 4.39. The number of hydrogen-bond donors (Lipinski definition) is 1. The van der Waals surface area contributed by atoms with E-state index in [4.69, 9.17) is 21.1 Å². The highest BCUT2D eigenvalue weighted by molar-refractivity contribution is 6.30. The second-order valence-corrected chi connectivity index (χ2v) is 8.86. The van der Waals surface area contributed by atoms with Crippen molar-refractivity contribution in [1.29, 1.82) is 0 Å². The van der Waals surface area contributed by atoms with E-state index in [1.807, 2.05) is 23.1 Å². The first-order valence-electron chi connectivity index (χ1n) is 10.7. The highest BCUT2D eigenvalue weighted by atomic mass is 35.5. The Balaban J connectivity index is 1.31. The summed E-state index contributed by atoms with van der Waals surface area (Å²) in [5, 5.41) is 3.37. The lowest BCUT2D eigenvalue weighted by Crippen LogP contribution is -2.51. The number of halogens is 1. The second-order valence-electron chi connectivity index (χ2n) is 8.42. The van der Waals surface area contributed by atoms with Crippen molar-refractivity contribution in [3.8, 4) is 0 Å². The van der Waals surface area contributed by atoms with E-state index >= 15 is 0 Å². The van der Waals surface area contributed by atoms with Crippen molar-refractivity contribution < 1.29 is 23.9 Å². The van der Waals surface area contributed by atoms with Gasteiger partial charge in [0.15, 0.2) is 5.60 Å². The van der Waals surface area contributed by atoms with Crippen molar-refractivity contribution in [2.75, 3.05) is 61.1 Å². The van der Waals surface area contributed by atoms with Crippen molar-refractivity contribution >= 4 is 46.6 Å². The van der Waals surface area contributed by atoms with Crippen LogP contribution in [0.4, 0.5) is 21.9 Å². The second kappa shape index (κ2) is 8.66. The fraction of sp³-hybridized carbons (Fsp3) is 0.348. The van der Waals surface area contributed by atoms with Gasteiger partial charge in [-0.25, -0.2) is 4.79 Å². The van der Waals surface area contributed by atoms with Gasteiger partial charge in [0.25, 0.3) is 0 Å². The van der Waals surface area contributed by atoms with Gasteiger partial charge in [0.1, 0.15) is 6.54 Å². The van der Waals surface area contributed by atoms with Gasteiger partial charge >= 0.3 is 6.09 Å². The van der Waals surface area contributed by atoms with E-state index in [9.17, 15) is 14.4 Å². The number of hydrogen-bond acceptors (Lipinski definition) is 6. The Labute approximate surface area is 195 Å². The van der Waals surface area contributed by atoms with Crippen molar-refractivity contribution in [3.63, 3.8) is 0 Å². The van der Waals surface area contributed by atoms with Crippen LogP contribution in [0.1, 0.15) is 0 Å². The summed E-state index contributed by atoms with van der Waals surface area (Å²) in [4.78, 5) is 43.0. The van der Waals surface area contributed by atoms with E-state index in [1.165, 1.54) is 4.90 Å². The molecular formula is C23H23ClN4O5. The average molecular weight is 471 g/mol. The quantitative estimate of drug-likeness (QED) is 0.740. The minimum absolute atomic E-state index is 0.0370. The average Bonchev–Trinajstić information content (AvgIpc) is 2.99. The maximum Gasteiger partial charge on any atom is 0.415 e. The van der Waals surface area contributed by atoms with Crippen LogP contribution >= 0.6 is 11.6 Å². The molecule has 0 saturated carbocycles. The maximum absolute atomic E-state index is 13.2. The number of rotatable bonds is 3. The minimum atomic E-state index is -0.898. The van der Waals surface area contributed by atoms with Gasteiger partial charge in [-0.15, -0.1) is 0 Å². The van der Waals surface area contributed by atoms with Gasteiger partial charge < -0.3 is 14.8 Å². The number of para-hydroxylation sites is 2. The van der Waals surface area contributed by atoms with E-state index in [2.05, 4.69) is 5.32 Å². The molecule has 3 aliphatic heterocycles. The molecule has 33 heavy (non-hydrogen) atoms. The predicted octanol–water partition coefficient (Wildman–Crippen LogP) is 2.35. The number of anilines is 3. The molecule has 3 aliphatic rings. The lowest BCUT2D eigenvalue weighted by molar-refractivity contribution is -0.123. The Morgan fingerprint density at radius 3 is 2.70 bits per heavy atom. The van der Waals surface area contributed by atoms with Crippen molar-refractivity contribution in [2.24, 2.45) is 0 Å². The highest BCUT2D eigenvalue weighted by Crippen LogP contribution is 2.32.